The first-order chi connectivity index (χ1) is 14.4. The predicted octanol–water partition coefficient (Wildman–Crippen LogP) is 3.36. The SMILES string of the molecule is CCNC(=NCc1ccccc1CN1CCCCC1)NC1CCN(CC(F)(F)F)C1. The summed E-state index contributed by atoms with van der Waals surface area (Å²) in [5, 5.41) is 6.55. The Morgan fingerprint density at radius 1 is 1.07 bits per heavy atom. The standard InChI is InChI=1S/C22H34F3N5/c1-2-26-21(28-20-10-13-30(16-20)17-22(23,24)25)27-14-18-8-4-5-9-19(18)15-29-11-6-3-7-12-29/h4-5,8-9,20H,2-3,6-7,10-17H2,1H3,(H2,26,27,28). The molecule has 1 unspecified atom stereocenters. The summed E-state index contributed by atoms with van der Waals surface area (Å²) in [7, 11) is 0. The van der Waals surface area contributed by atoms with Crippen LogP contribution in [0.5, 0.6) is 0 Å². The number of rotatable bonds is 7. The van der Waals surface area contributed by atoms with Crippen LogP contribution in [0.15, 0.2) is 29.3 Å². The van der Waals surface area contributed by atoms with E-state index >= 15 is 0 Å². The van der Waals surface area contributed by atoms with E-state index in [0.717, 1.165) is 19.6 Å². The third kappa shape index (κ3) is 7.47. The van der Waals surface area contributed by atoms with Gasteiger partial charge in [0.2, 0.25) is 0 Å². The average Bonchev–Trinajstić information content (AvgIpc) is 3.13. The molecule has 0 bridgehead atoms. The highest BCUT2D eigenvalue weighted by Gasteiger charge is 2.34. The van der Waals surface area contributed by atoms with Crippen molar-refractivity contribution in [2.24, 2.45) is 4.99 Å². The lowest BCUT2D eigenvalue weighted by molar-refractivity contribution is -0.143. The molecule has 168 valence electrons. The van der Waals surface area contributed by atoms with E-state index in [-0.39, 0.29) is 6.04 Å². The van der Waals surface area contributed by atoms with Crippen LogP contribution >= 0.6 is 0 Å². The summed E-state index contributed by atoms with van der Waals surface area (Å²) in [6.07, 6.45) is 0.391. The fourth-order valence-corrected chi connectivity index (χ4v) is 4.25. The van der Waals surface area contributed by atoms with Crippen molar-refractivity contribution in [3.05, 3.63) is 35.4 Å². The molecule has 2 saturated heterocycles. The molecule has 0 radical (unpaired) electrons. The molecule has 0 spiro atoms. The molecule has 2 aliphatic rings. The summed E-state index contributed by atoms with van der Waals surface area (Å²) >= 11 is 0. The quantitative estimate of drug-likeness (QED) is 0.519. The van der Waals surface area contributed by atoms with Gasteiger partial charge in [0.25, 0.3) is 0 Å². The minimum atomic E-state index is -4.15. The second kappa shape index (κ2) is 11.0. The van der Waals surface area contributed by atoms with Crippen molar-refractivity contribution in [2.45, 2.75) is 57.9 Å². The summed E-state index contributed by atoms with van der Waals surface area (Å²) < 4.78 is 37.9. The van der Waals surface area contributed by atoms with Crippen molar-refractivity contribution in [3.63, 3.8) is 0 Å². The number of alkyl halides is 3. The lowest BCUT2D eigenvalue weighted by atomic mass is 10.1. The molecule has 2 N–H and O–H groups in total. The molecular weight excluding hydrogens is 391 g/mol. The molecule has 1 atom stereocenters. The first-order valence-corrected chi connectivity index (χ1v) is 11.1. The van der Waals surface area contributed by atoms with E-state index in [9.17, 15) is 13.2 Å². The van der Waals surface area contributed by atoms with Gasteiger partial charge < -0.3 is 10.6 Å². The molecular formula is C22H34F3N5. The third-order valence-electron chi connectivity index (χ3n) is 5.73. The largest absolute Gasteiger partial charge is 0.401 e. The number of guanidine groups is 1. The van der Waals surface area contributed by atoms with Crippen LogP contribution < -0.4 is 10.6 Å². The Morgan fingerprint density at radius 2 is 1.80 bits per heavy atom. The zero-order chi connectivity index (χ0) is 21.4. The lowest BCUT2D eigenvalue weighted by Gasteiger charge is -2.27. The molecule has 30 heavy (non-hydrogen) atoms. The molecule has 2 aliphatic heterocycles. The maximum atomic E-state index is 12.6. The summed E-state index contributed by atoms with van der Waals surface area (Å²) in [5.41, 5.74) is 2.50. The highest BCUT2D eigenvalue weighted by atomic mass is 19.4. The zero-order valence-electron chi connectivity index (χ0n) is 17.8. The number of nitrogens with zero attached hydrogens (tertiary/aromatic N) is 3. The zero-order valence-corrected chi connectivity index (χ0v) is 17.8. The minimum absolute atomic E-state index is 0.0197. The number of aliphatic imine (C=N–C) groups is 1. The molecule has 3 rings (SSSR count). The molecule has 8 heteroatoms. The fourth-order valence-electron chi connectivity index (χ4n) is 4.25. The molecule has 1 aromatic rings. The van der Waals surface area contributed by atoms with E-state index in [1.165, 1.54) is 35.3 Å². The lowest BCUT2D eigenvalue weighted by Crippen LogP contribution is -2.45. The van der Waals surface area contributed by atoms with Crippen molar-refractivity contribution < 1.29 is 13.2 Å². The van der Waals surface area contributed by atoms with Gasteiger partial charge in [-0.15, -0.1) is 0 Å². The number of likely N-dealkylation sites (tertiary alicyclic amines) is 2. The van der Waals surface area contributed by atoms with E-state index in [4.69, 9.17) is 4.99 Å². The number of hydrogen-bond donors (Lipinski definition) is 2. The molecule has 0 amide bonds. The normalized spacial score (nSPS) is 21.7. The van der Waals surface area contributed by atoms with Gasteiger partial charge in [0.1, 0.15) is 0 Å². The molecule has 2 fully saturated rings. The highest BCUT2D eigenvalue weighted by molar-refractivity contribution is 5.80. The van der Waals surface area contributed by atoms with Crippen LogP contribution in [0, 0.1) is 0 Å². The van der Waals surface area contributed by atoms with Crippen molar-refractivity contribution in [3.8, 4) is 0 Å². The van der Waals surface area contributed by atoms with Crippen LogP contribution in [0.2, 0.25) is 0 Å². The van der Waals surface area contributed by atoms with E-state index in [2.05, 4.69) is 33.7 Å². The third-order valence-corrected chi connectivity index (χ3v) is 5.73. The van der Waals surface area contributed by atoms with Crippen molar-refractivity contribution in [2.75, 3.05) is 39.3 Å². The van der Waals surface area contributed by atoms with Crippen LogP contribution in [0.1, 0.15) is 43.7 Å². The smallest absolute Gasteiger partial charge is 0.357 e. The van der Waals surface area contributed by atoms with Gasteiger partial charge in [-0.05, 0) is 50.4 Å². The summed E-state index contributed by atoms with van der Waals surface area (Å²) in [6, 6.07) is 8.38. The Hall–Kier alpha value is -1.80. The molecule has 5 nitrogen and oxygen atoms in total. The fraction of sp³-hybridized carbons (Fsp3) is 0.682. The van der Waals surface area contributed by atoms with Crippen molar-refractivity contribution in [1.29, 1.82) is 0 Å². The van der Waals surface area contributed by atoms with Gasteiger partial charge in [-0.1, -0.05) is 30.7 Å². The van der Waals surface area contributed by atoms with E-state index < -0.39 is 12.7 Å². The number of nitrogens with one attached hydrogen (secondary N) is 2. The van der Waals surface area contributed by atoms with Crippen LogP contribution in [0.25, 0.3) is 0 Å². The number of benzene rings is 1. The number of hydrogen-bond acceptors (Lipinski definition) is 3. The Morgan fingerprint density at radius 3 is 2.50 bits per heavy atom. The highest BCUT2D eigenvalue weighted by Crippen LogP contribution is 2.20. The Bertz CT molecular complexity index is 686. The molecule has 0 aliphatic carbocycles. The van der Waals surface area contributed by atoms with Gasteiger partial charge in [-0.3, -0.25) is 9.80 Å². The van der Waals surface area contributed by atoms with Gasteiger partial charge in [0, 0.05) is 32.2 Å². The summed E-state index contributed by atoms with van der Waals surface area (Å²) in [4.78, 5) is 8.69. The Kier molecular flexibility index (Phi) is 8.39. The van der Waals surface area contributed by atoms with Gasteiger partial charge >= 0.3 is 6.18 Å². The number of piperidine rings is 1. The molecule has 1 aromatic carbocycles. The van der Waals surface area contributed by atoms with Crippen molar-refractivity contribution in [1.82, 2.24) is 20.4 Å². The topological polar surface area (TPSA) is 42.9 Å². The first kappa shape index (κ1) is 22.9. The monoisotopic (exact) mass is 425 g/mol. The van der Waals surface area contributed by atoms with Gasteiger partial charge in [0.05, 0.1) is 13.1 Å². The predicted molar refractivity (Wildman–Crippen MR) is 114 cm³/mol. The van der Waals surface area contributed by atoms with E-state index in [1.807, 2.05) is 13.0 Å². The summed E-state index contributed by atoms with van der Waals surface area (Å²) in [6.45, 7) is 6.50. The van der Waals surface area contributed by atoms with E-state index in [0.29, 0.717) is 38.6 Å². The van der Waals surface area contributed by atoms with E-state index in [1.54, 1.807) is 0 Å². The Labute approximate surface area is 177 Å². The number of halogens is 3. The van der Waals surface area contributed by atoms with Crippen LogP contribution in [-0.2, 0) is 13.1 Å². The van der Waals surface area contributed by atoms with Crippen LogP contribution in [0.3, 0.4) is 0 Å². The second-order valence-electron chi connectivity index (χ2n) is 8.28. The molecule has 0 saturated carbocycles. The summed E-state index contributed by atoms with van der Waals surface area (Å²) in [5.74, 6) is 0.670. The van der Waals surface area contributed by atoms with Crippen LogP contribution in [-0.4, -0.2) is 67.2 Å². The van der Waals surface area contributed by atoms with Gasteiger partial charge in [0.15, 0.2) is 5.96 Å². The first-order valence-electron chi connectivity index (χ1n) is 11.1. The van der Waals surface area contributed by atoms with Gasteiger partial charge in [-0.2, -0.15) is 13.2 Å². The second-order valence-corrected chi connectivity index (χ2v) is 8.28. The van der Waals surface area contributed by atoms with Crippen LogP contribution in [0.4, 0.5) is 13.2 Å². The molecule has 2 heterocycles. The Balaban J connectivity index is 1.58. The van der Waals surface area contributed by atoms with Crippen molar-refractivity contribution >= 4 is 5.96 Å². The minimum Gasteiger partial charge on any atom is -0.357 e. The molecule has 0 aromatic heterocycles. The maximum absolute atomic E-state index is 12.6. The van der Waals surface area contributed by atoms with Gasteiger partial charge in [-0.25, -0.2) is 4.99 Å². The average molecular weight is 426 g/mol. The maximum Gasteiger partial charge on any atom is 0.401 e.